The maximum atomic E-state index is 11.0. The van der Waals surface area contributed by atoms with Crippen LogP contribution in [0, 0.1) is 0 Å². The number of carboxylic acids is 1. The molecule has 0 atom stereocenters. The highest BCUT2D eigenvalue weighted by atomic mass is 35.5. The van der Waals surface area contributed by atoms with E-state index in [1.807, 2.05) is 13.8 Å². The number of nitrogen functional groups attached to an aromatic ring is 1. The SMILES string of the molecule is CC.Nc1scc(-c2ccc(Cl)cc2)c1C(=O)O. The van der Waals surface area contributed by atoms with Crippen LogP contribution >= 0.6 is 22.9 Å². The van der Waals surface area contributed by atoms with Gasteiger partial charge in [0.1, 0.15) is 10.6 Å². The van der Waals surface area contributed by atoms with Crippen molar-refractivity contribution in [3.63, 3.8) is 0 Å². The molecule has 1 aromatic carbocycles. The number of benzene rings is 1. The van der Waals surface area contributed by atoms with Gasteiger partial charge in [0, 0.05) is 16.0 Å². The molecule has 0 aliphatic rings. The van der Waals surface area contributed by atoms with E-state index in [-0.39, 0.29) is 5.56 Å². The van der Waals surface area contributed by atoms with Gasteiger partial charge in [-0.05, 0) is 17.7 Å². The third-order valence-corrected chi connectivity index (χ3v) is 3.25. The highest BCUT2D eigenvalue weighted by Gasteiger charge is 2.17. The topological polar surface area (TPSA) is 63.3 Å². The molecule has 0 amide bonds. The first-order chi connectivity index (χ1) is 8.59. The number of hydrogen-bond donors (Lipinski definition) is 2. The van der Waals surface area contributed by atoms with Crippen molar-refractivity contribution >= 4 is 33.9 Å². The van der Waals surface area contributed by atoms with Crippen LogP contribution in [0.4, 0.5) is 5.00 Å². The predicted octanol–water partition coefficient (Wildman–Crippen LogP) is 4.38. The van der Waals surface area contributed by atoms with E-state index in [2.05, 4.69) is 0 Å². The van der Waals surface area contributed by atoms with Gasteiger partial charge in [-0.1, -0.05) is 37.6 Å². The summed E-state index contributed by atoms with van der Waals surface area (Å²) in [6, 6.07) is 6.99. The summed E-state index contributed by atoms with van der Waals surface area (Å²) in [5.41, 5.74) is 7.21. The van der Waals surface area contributed by atoms with Crippen molar-refractivity contribution in [1.29, 1.82) is 0 Å². The summed E-state index contributed by atoms with van der Waals surface area (Å²) < 4.78 is 0. The largest absolute Gasteiger partial charge is 0.478 e. The van der Waals surface area contributed by atoms with Gasteiger partial charge >= 0.3 is 5.97 Å². The molecule has 0 spiro atoms. The smallest absolute Gasteiger partial charge is 0.339 e. The van der Waals surface area contributed by atoms with Crippen LogP contribution in [0.2, 0.25) is 5.02 Å². The Labute approximate surface area is 115 Å². The first-order valence-electron chi connectivity index (χ1n) is 5.46. The summed E-state index contributed by atoms with van der Waals surface area (Å²) >= 11 is 6.99. The van der Waals surface area contributed by atoms with E-state index in [0.717, 1.165) is 5.56 Å². The molecule has 1 aromatic heterocycles. The molecule has 2 rings (SSSR count). The van der Waals surface area contributed by atoms with Crippen LogP contribution in [0.3, 0.4) is 0 Å². The Morgan fingerprint density at radius 1 is 1.28 bits per heavy atom. The second-order valence-electron chi connectivity index (χ2n) is 3.20. The predicted molar refractivity (Wildman–Crippen MR) is 77.5 cm³/mol. The molecule has 0 saturated carbocycles. The molecule has 1 heterocycles. The highest BCUT2D eigenvalue weighted by Crippen LogP contribution is 2.33. The molecule has 0 bridgehead atoms. The van der Waals surface area contributed by atoms with Gasteiger partial charge in [-0.2, -0.15) is 0 Å². The summed E-state index contributed by atoms with van der Waals surface area (Å²) in [5, 5.41) is 11.7. The lowest BCUT2D eigenvalue weighted by Crippen LogP contribution is -2.00. The fourth-order valence-electron chi connectivity index (χ4n) is 1.44. The lowest BCUT2D eigenvalue weighted by atomic mass is 10.0. The van der Waals surface area contributed by atoms with E-state index < -0.39 is 5.97 Å². The maximum absolute atomic E-state index is 11.0. The molecule has 2 aromatic rings. The Hall–Kier alpha value is -1.52. The average Bonchev–Trinajstić information content (AvgIpc) is 2.75. The Bertz CT molecular complexity index is 534. The van der Waals surface area contributed by atoms with E-state index in [4.69, 9.17) is 22.4 Å². The second kappa shape index (κ2) is 6.42. The summed E-state index contributed by atoms with van der Waals surface area (Å²) in [6.45, 7) is 4.00. The van der Waals surface area contributed by atoms with Crippen molar-refractivity contribution in [2.45, 2.75) is 13.8 Å². The fourth-order valence-corrected chi connectivity index (χ4v) is 2.38. The standard InChI is InChI=1S/C11H8ClNO2S.C2H6/c12-7-3-1-6(2-4-7)8-5-16-10(13)9(8)11(14)15;1-2/h1-5H,13H2,(H,14,15);1-2H3. The average molecular weight is 284 g/mol. The first-order valence-corrected chi connectivity index (χ1v) is 6.71. The molecule has 0 fully saturated rings. The normalized spacial score (nSPS) is 9.50. The van der Waals surface area contributed by atoms with Gasteiger partial charge in [-0.25, -0.2) is 4.79 Å². The monoisotopic (exact) mass is 283 g/mol. The molecule has 0 unspecified atom stereocenters. The van der Waals surface area contributed by atoms with Crippen molar-refractivity contribution < 1.29 is 9.90 Å². The molecule has 0 aliphatic carbocycles. The number of aromatic carboxylic acids is 1. The zero-order valence-electron chi connectivity index (χ0n) is 10.1. The molecule has 5 heteroatoms. The van der Waals surface area contributed by atoms with E-state index in [0.29, 0.717) is 15.6 Å². The third-order valence-electron chi connectivity index (χ3n) is 2.19. The zero-order chi connectivity index (χ0) is 13.7. The van der Waals surface area contributed by atoms with Gasteiger partial charge < -0.3 is 10.8 Å². The molecular formula is C13H14ClNO2S. The van der Waals surface area contributed by atoms with Gasteiger partial charge in [0.05, 0.1) is 0 Å². The van der Waals surface area contributed by atoms with Crippen LogP contribution in [-0.2, 0) is 0 Å². The number of carboxylic acid groups (broad SMARTS) is 1. The number of thiophene rings is 1. The fraction of sp³-hybridized carbons (Fsp3) is 0.154. The molecule has 0 saturated heterocycles. The van der Waals surface area contributed by atoms with Gasteiger partial charge in [0.2, 0.25) is 0 Å². The van der Waals surface area contributed by atoms with Crippen molar-refractivity contribution in [3.05, 3.63) is 40.2 Å². The summed E-state index contributed by atoms with van der Waals surface area (Å²) in [5.74, 6) is -1.01. The lowest BCUT2D eigenvalue weighted by Gasteiger charge is -2.01. The molecule has 18 heavy (non-hydrogen) atoms. The zero-order valence-corrected chi connectivity index (χ0v) is 11.7. The Morgan fingerprint density at radius 2 is 1.83 bits per heavy atom. The van der Waals surface area contributed by atoms with Gasteiger partial charge in [0.25, 0.3) is 0 Å². The van der Waals surface area contributed by atoms with Gasteiger partial charge in [-0.15, -0.1) is 11.3 Å². The summed E-state index contributed by atoms with van der Waals surface area (Å²) in [6.07, 6.45) is 0. The number of anilines is 1. The number of rotatable bonds is 2. The minimum absolute atomic E-state index is 0.160. The van der Waals surface area contributed by atoms with E-state index >= 15 is 0 Å². The quantitative estimate of drug-likeness (QED) is 0.860. The van der Waals surface area contributed by atoms with E-state index in [9.17, 15) is 4.79 Å². The molecule has 3 nitrogen and oxygen atoms in total. The number of nitrogens with two attached hydrogens (primary N) is 1. The second-order valence-corrected chi connectivity index (χ2v) is 4.55. The van der Waals surface area contributed by atoms with Crippen LogP contribution in [0.1, 0.15) is 24.2 Å². The Morgan fingerprint density at radius 3 is 2.33 bits per heavy atom. The minimum atomic E-state index is -1.01. The highest BCUT2D eigenvalue weighted by molar-refractivity contribution is 7.14. The van der Waals surface area contributed by atoms with Gasteiger partial charge in [0.15, 0.2) is 0 Å². The molecule has 96 valence electrons. The number of halogens is 1. The van der Waals surface area contributed by atoms with Crippen LogP contribution in [0.15, 0.2) is 29.6 Å². The minimum Gasteiger partial charge on any atom is -0.478 e. The third kappa shape index (κ3) is 3.03. The lowest BCUT2D eigenvalue weighted by molar-refractivity contribution is 0.0699. The Balaban J connectivity index is 0.000000771. The Kier molecular flexibility index (Phi) is 5.19. The molecule has 3 N–H and O–H groups in total. The van der Waals surface area contributed by atoms with Crippen LogP contribution < -0.4 is 5.73 Å². The van der Waals surface area contributed by atoms with E-state index in [1.54, 1.807) is 29.6 Å². The van der Waals surface area contributed by atoms with Crippen LogP contribution in [-0.4, -0.2) is 11.1 Å². The van der Waals surface area contributed by atoms with Crippen molar-refractivity contribution in [2.24, 2.45) is 0 Å². The first kappa shape index (κ1) is 14.5. The van der Waals surface area contributed by atoms with Crippen molar-refractivity contribution in [3.8, 4) is 11.1 Å². The number of carbonyl (C=O) groups is 1. The maximum Gasteiger partial charge on any atom is 0.339 e. The molecule has 0 radical (unpaired) electrons. The van der Waals surface area contributed by atoms with Crippen LogP contribution in [0.25, 0.3) is 11.1 Å². The van der Waals surface area contributed by atoms with Crippen molar-refractivity contribution in [1.82, 2.24) is 0 Å². The summed E-state index contributed by atoms with van der Waals surface area (Å²) in [7, 11) is 0. The van der Waals surface area contributed by atoms with E-state index in [1.165, 1.54) is 11.3 Å². The van der Waals surface area contributed by atoms with Crippen molar-refractivity contribution in [2.75, 3.05) is 5.73 Å². The molecule has 0 aliphatic heterocycles. The van der Waals surface area contributed by atoms with Gasteiger partial charge in [-0.3, -0.25) is 0 Å². The van der Waals surface area contributed by atoms with Crippen LogP contribution in [0.5, 0.6) is 0 Å². The number of hydrogen-bond acceptors (Lipinski definition) is 3. The summed E-state index contributed by atoms with van der Waals surface area (Å²) in [4.78, 5) is 11.0. The molecular weight excluding hydrogens is 270 g/mol.